The molecule has 0 fully saturated rings. The Kier molecular flexibility index (Phi) is 5.45. The normalized spacial score (nSPS) is 10.4. The van der Waals surface area contributed by atoms with E-state index in [4.69, 9.17) is 5.73 Å². The van der Waals surface area contributed by atoms with Gasteiger partial charge in [0.15, 0.2) is 0 Å². The number of hydrogen-bond donors (Lipinski definition) is 3. The van der Waals surface area contributed by atoms with Crippen LogP contribution in [0.2, 0.25) is 0 Å². The average Bonchev–Trinajstić information content (AvgIpc) is 2.34. The third kappa shape index (κ3) is 4.25. The molecule has 0 heterocycles. The molecule has 0 radical (unpaired) electrons. The first-order valence-corrected chi connectivity index (χ1v) is 6.05. The molecule has 1 rings (SSSR count). The topological polar surface area (TPSA) is 70.4 Å². The standard InChI is InChI=1S/C13H22N4O/c1-15-13(18)10-5-6-12(11(14)9-10)16-7-4-8-17(2)3/h5-6,9,16H,4,7-8,14H2,1-3H3,(H,15,18). The first kappa shape index (κ1) is 14.3. The van der Waals surface area contributed by atoms with E-state index in [1.54, 1.807) is 19.2 Å². The number of amides is 1. The molecule has 100 valence electrons. The second kappa shape index (κ2) is 6.86. The summed E-state index contributed by atoms with van der Waals surface area (Å²) >= 11 is 0. The Morgan fingerprint density at radius 1 is 1.39 bits per heavy atom. The molecular formula is C13H22N4O. The zero-order valence-corrected chi connectivity index (χ0v) is 11.3. The van der Waals surface area contributed by atoms with E-state index in [2.05, 4.69) is 15.5 Å². The van der Waals surface area contributed by atoms with Gasteiger partial charge in [-0.15, -0.1) is 0 Å². The minimum atomic E-state index is -0.124. The van der Waals surface area contributed by atoms with Crippen molar-refractivity contribution in [3.8, 4) is 0 Å². The summed E-state index contributed by atoms with van der Waals surface area (Å²) in [5.41, 5.74) is 7.96. The van der Waals surface area contributed by atoms with Crippen LogP contribution in [0.5, 0.6) is 0 Å². The molecule has 0 saturated carbocycles. The monoisotopic (exact) mass is 250 g/mol. The maximum atomic E-state index is 11.4. The molecule has 0 unspecified atom stereocenters. The molecule has 0 aromatic heterocycles. The molecule has 0 aliphatic carbocycles. The second-order valence-electron chi connectivity index (χ2n) is 4.46. The molecule has 1 aromatic carbocycles. The highest BCUT2D eigenvalue weighted by Crippen LogP contribution is 2.19. The minimum Gasteiger partial charge on any atom is -0.397 e. The van der Waals surface area contributed by atoms with Crippen LogP contribution >= 0.6 is 0 Å². The van der Waals surface area contributed by atoms with E-state index in [1.165, 1.54) is 0 Å². The van der Waals surface area contributed by atoms with Gasteiger partial charge in [-0.2, -0.15) is 0 Å². The van der Waals surface area contributed by atoms with Gasteiger partial charge in [0.2, 0.25) is 0 Å². The van der Waals surface area contributed by atoms with Crippen molar-refractivity contribution in [1.82, 2.24) is 10.2 Å². The number of carbonyl (C=O) groups excluding carboxylic acids is 1. The lowest BCUT2D eigenvalue weighted by Crippen LogP contribution is -2.18. The van der Waals surface area contributed by atoms with Crippen molar-refractivity contribution in [2.75, 3.05) is 45.3 Å². The van der Waals surface area contributed by atoms with Crippen LogP contribution in [-0.4, -0.2) is 45.0 Å². The number of nitrogen functional groups attached to an aromatic ring is 1. The molecule has 0 aliphatic rings. The largest absolute Gasteiger partial charge is 0.397 e. The number of hydrogen-bond acceptors (Lipinski definition) is 4. The van der Waals surface area contributed by atoms with E-state index >= 15 is 0 Å². The molecule has 0 aliphatic heterocycles. The van der Waals surface area contributed by atoms with Gasteiger partial charge in [0, 0.05) is 19.2 Å². The molecule has 0 atom stereocenters. The highest BCUT2D eigenvalue weighted by atomic mass is 16.1. The maximum absolute atomic E-state index is 11.4. The van der Waals surface area contributed by atoms with E-state index in [1.807, 2.05) is 20.2 Å². The van der Waals surface area contributed by atoms with Gasteiger partial charge in [-0.1, -0.05) is 0 Å². The molecule has 0 bridgehead atoms. The third-order valence-corrected chi connectivity index (χ3v) is 2.64. The SMILES string of the molecule is CNC(=O)c1ccc(NCCCN(C)C)c(N)c1. The Bertz CT molecular complexity index is 404. The van der Waals surface area contributed by atoms with Crippen LogP contribution in [0.4, 0.5) is 11.4 Å². The van der Waals surface area contributed by atoms with E-state index in [0.29, 0.717) is 11.3 Å². The maximum Gasteiger partial charge on any atom is 0.251 e. The van der Waals surface area contributed by atoms with Crippen LogP contribution in [0.25, 0.3) is 0 Å². The summed E-state index contributed by atoms with van der Waals surface area (Å²) in [6.07, 6.45) is 1.05. The predicted molar refractivity (Wildman–Crippen MR) is 75.9 cm³/mol. The molecule has 0 saturated heterocycles. The lowest BCUT2D eigenvalue weighted by molar-refractivity contribution is 0.0963. The van der Waals surface area contributed by atoms with Crippen molar-refractivity contribution < 1.29 is 4.79 Å². The molecule has 0 spiro atoms. The molecule has 5 heteroatoms. The van der Waals surface area contributed by atoms with Crippen LogP contribution in [0, 0.1) is 0 Å². The van der Waals surface area contributed by atoms with Crippen molar-refractivity contribution in [2.45, 2.75) is 6.42 Å². The van der Waals surface area contributed by atoms with Gasteiger partial charge < -0.3 is 21.3 Å². The third-order valence-electron chi connectivity index (χ3n) is 2.64. The first-order chi connectivity index (χ1) is 8.54. The number of nitrogens with one attached hydrogen (secondary N) is 2. The molecule has 1 aromatic rings. The van der Waals surface area contributed by atoms with Gasteiger partial charge in [0.25, 0.3) is 5.91 Å². The number of nitrogens with zero attached hydrogens (tertiary/aromatic N) is 1. The van der Waals surface area contributed by atoms with Crippen LogP contribution in [0.15, 0.2) is 18.2 Å². The summed E-state index contributed by atoms with van der Waals surface area (Å²) < 4.78 is 0. The number of rotatable bonds is 6. The summed E-state index contributed by atoms with van der Waals surface area (Å²) in [7, 11) is 5.70. The van der Waals surface area contributed by atoms with Crippen molar-refractivity contribution in [1.29, 1.82) is 0 Å². The summed E-state index contributed by atoms with van der Waals surface area (Å²) in [6, 6.07) is 5.30. The zero-order chi connectivity index (χ0) is 13.5. The van der Waals surface area contributed by atoms with E-state index in [-0.39, 0.29) is 5.91 Å². The van der Waals surface area contributed by atoms with Crippen molar-refractivity contribution >= 4 is 17.3 Å². The fraction of sp³-hybridized carbons (Fsp3) is 0.462. The predicted octanol–water partition coefficient (Wildman–Crippen LogP) is 0.992. The Labute approximate surface area is 108 Å². The van der Waals surface area contributed by atoms with Crippen molar-refractivity contribution in [2.24, 2.45) is 0 Å². The molecular weight excluding hydrogens is 228 g/mol. The number of benzene rings is 1. The van der Waals surface area contributed by atoms with Crippen LogP contribution in [0.1, 0.15) is 16.8 Å². The summed E-state index contributed by atoms with van der Waals surface area (Å²) in [5.74, 6) is -0.124. The van der Waals surface area contributed by atoms with Gasteiger partial charge >= 0.3 is 0 Å². The smallest absolute Gasteiger partial charge is 0.251 e. The number of nitrogens with two attached hydrogens (primary N) is 1. The zero-order valence-electron chi connectivity index (χ0n) is 11.3. The lowest BCUT2D eigenvalue weighted by Gasteiger charge is -2.12. The Balaban J connectivity index is 2.55. The van der Waals surface area contributed by atoms with Crippen LogP contribution in [-0.2, 0) is 0 Å². The van der Waals surface area contributed by atoms with E-state index < -0.39 is 0 Å². The fourth-order valence-electron chi connectivity index (χ4n) is 1.63. The highest BCUT2D eigenvalue weighted by Gasteiger charge is 2.05. The number of anilines is 2. The van der Waals surface area contributed by atoms with Gasteiger partial charge in [-0.3, -0.25) is 4.79 Å². The summed E-state index contributed by atoms with van der Waals surface area (Å²) in [4.78, 5) is 13.6. The summed E-state index contributed by atoms with van der Waals surface area (Å²) in [6.45, 7) is 1.89. The van der Waals surface area contributed by atoms with Crippen molar-refractivity contribution in [3.63, 3.8) is 0 Å². The molecule has 18 heavy (non-hydrogen) atoms. The van der Waals surface area contributed by atoms with Gasteiger partial charge in [0.1, 0.15) is 0 Å². The highest BCUT2D eigenvalue weighted by molar-refractivity contribution is 5.95. The lowest BCUT2D eigenvalue weighted by atomic mass is 10.1. The minimum absolute atomic E-state index is 0.124. The van der Waals surface area contributed by atoms with Gasteiger partial charge in [0.05, 0.1) is 11.4 Å². The van der Waals surface area contributed by atoms with Crippen LogP contribution in [0.3, 0.4) is 0 Å². The molecule has 4 N–H and O–H groups in total. The molecule has 5 nitrogen and oxygen atoms in total. The first-order valence-electron chi connectivity index (χ1n) is 6.05. The van der Waals surface area contributed by atoms with Gasteiger partial charge in [-0.25, -0.2) is 0 Å². The second-order valence-corrected chi connectivity index (χ2v) is 4.46. The Morgan fingerprint density at radius 2 is 2.11 bits per heavy atom. The fourth-order valence-corrected chi connectivity index (χ4v) is 1.63. The van der Waals surface area contributed by atoms with Gasteiger partial charge in [-0.05, 0) is 45.3 Å². The van der Waals surface area contributed by atoms with E-state index in [0.717, 1.165) is 25.2 Å². The quantitative estimate of drug-likeness (QED) is 0.520. The average molecular weight is 250 g/mol. The van der Waals surface area contributed by atoms with Crippen LogP contribution < -0.4 is 16.4 Å². The summed E-state index contributed by atoms with van der Waals surface area (Å²) in [5, 5.41) is 5.84. The molecule has 1 amide bonds. The number of carbonyl (C=O) groups is 1. The Hall–Kier alpha value is -1.75. The van der Waals surface area contributed by atoms with E-state index in [9.17, 15) is 4.79 Å². The van der Waals surface area contributed by atoms with Crippen molar-refractivity contribution in [3.05, 3.63) is 23.8 Å². The Morgan fingerprint density at radius 3 is 2.67 bits per heavy atom.